The summed E-state index contributed by atoms with van der Waals surface area (Å²) in [4.78, 5) is 23.1. The Morgan fingerprint density at radius 3 is 1.76 bits per heavy atom. The fourth-order valence-corrected chi connectivity index (χ4v) is 2.17. The van der Waals surface area contributed by atoms with Gasteiger partial charge in [-0.1, -0.05) is 36.4 Å². The maximum Gasteiger partial charge on any atom is 0.305 e. The molecule has 3 aromatic rings. The Kier molecular flexibility index (Phi) is 3.12. The smallest absolute Gasteiger partial charge is 0.305 e. The quantitative estimate of drug-likeness (QED) is 0.750. The zero-order valence-electron chi connectivity index (χ0n) is 10.9. The van der Waals surface area contributed by atoms with E-state index in [1.54, 1.807) is 48.5 Å². The zero-order chi connectivity index (χ0) is 14.8. The number of aromatic hydroxyl groups is 1. The van der Waals surface area contributed by atoms with Gasteiger partial charge in [-0.2, -0.15) is 0 Å². The highest BCUT2D eigenvalue weighted by atomic mass is 16.3. The molecule has 0 saturated heterocycles. The lowest BCUT2D eigenvalue weighted by atomic mass is 10.3. The molecular formula is C15H11N3O3. The van der Waals surface area contributed by atoms with Crippen LogP contribution >= 0.6 is 0 Å². The van der Waals surface area contributed by atoms with E-state index in [-0.39, 0.29) is 0 Å². The van der Waals surface area contributed by atoms with Gasteiger partial charge in [0.25, 0.3) is 0 Å². The Morgan fingerprint density at radius 2 is 1.29 bits per heavy atom. The Morgan fingerprint density at radius 1 is 0.810 bits per heavy atom. The number of rotatable bonds is 3. The van der Waals surface area contributed by atoms with Crippen LogP contribution in [0.4, 0.5) is 5.69 Å². The van der Waals surface area contributed by atoms with Crippen LogP contribution in [0.2, 0.25) is 0 Å². The third kappa shape index (κ3) is 2.02. The summed E-state index contributed by atoms with van der Waals surface area (Å²) in [5, 5.41) is 12.8. The first-order valence-electron chi connectivity index (χ1n) is 6.25. The lowest BCUT2D eigenvalue weighted by Gasteiger charge is -2.11. The molecule has 0 aliphatic heterocycles. The molecule has 2 aromatic carbocycles. The van der Waals surface area contributed by atoms with Crippen molar-refractivity contribution in [2.24, 2.45) is 5.18 Å². The molecule has 0 fully saturated rings. The predicted molar refractivity (Wildman–Crippen MR) is 78.5 cm³/mol. The zero-order valence-corrected chi connectivity index (χ0v) is 10.9. The third-order valence-electron chi connectivity index (χ3n) is 3.10. The molecule has 0 bridgehead atoms. The molecule has 0 saturated carbocycles. The van der Waals surface area contributed by atoms with E-state index in [1.165, 1.54) is 9.36 Å². The molecule has 0 aliphatic rings. The summed E-state index contributed by atoms with van der Waals surface area (Å²) in [5.74, 6) is -0.481. The van der Waals surface area contributed by atoms with Crippen molar-refractivity contribution in [3.63, 3.8) is 0 Å². The second-order valence-corrected chi connectivity index (χ2v) is 4.36. The van der Waals surface area contributed by atoms with Crippen LogP contribution in [0.1, 0.15) is 0 Å². The molecule has 21 heavy (non-hydrogen) atoms. The molecule has 0 aliphatic carbocycles. The van der Waals surface area contributed by atoms with Crippen molar-refractivity contribution < 1.29 is 5.11 Å². The summed E-state index contributed by atoms with van der Waals surface area (Å²) < 4.78 is 2.47. The molecule has 6 heteroatoms. The summed E-state index contributed by atoms with van der Waals surface area (Å²) in [6, 6.07) is 17.5. The van der Waals surface area contributed by atoms with Crippen LogP contribution in [0.25, 0.3) is 11.4 Å². The largest absolute Gasteiger partial charge is 0.491 e. The molecule has 0 spiro atoms. The number of aromatic nitrogens is 2. The summed E-state index contributed by atoms with van der Waals surface area (Å²) in [5.41, 5.74) is -0.109. The van der Waals surface area contributed by atoms with Gasteiger partial charge in [-0.15, -0.1) is 4.91 Å². The Bertz CT molecular complexity index is 836. The number of hydrogen-bond donors (Lipinski definition) is 1. The molecule has 1 heterocycles. The van der Waals surface area contributed by atoms with Crippen molar-refractivity contribution in [2.75, 3.05) is 0 Å². The molecule has 1 aromatic heterocycles. The van der Waals surface area contributed by atoms with E-state index >= 15 is 0 Å². The van der Waals surface area contributed by atoms with Gasteiger partial charge in [-0.05, 0) is 29.4 Å². The Balaban J connectivity index is 2.39. The first-order chi connectivity index (χ1) is 10.2. The number of para-hydroxylation sites is 2. The number of hydrogen-bond acceptors (Lipinski definition) is 4. The van der Waals surface area contributed by atoms with Crippen LogP contribution in [0.15, 0.2) is 70.6 Å². The fourth-order valence-electron chi connectivity index (χ4n) is 2.17. The molecule has 1 N–H and O–H groups in total. The van der Waals surface area contributed by atoms with Crippen LogP contribution in [0, 0.1) is 4.91 Å². The van der Waals surface area contributed by atoms with Crippen molar-refractivity contribution in [3.8, 4) is 17.3 Å². The lowest BCUT2D eigenvalue weighted by Crippen LogP contribution is -2.20. The summed E-state index contributed by atoms with van der Waals surface area (Å²) in [6.07, 6.45) is 0. The second-order valence-electron chi connectivity index (χ2n) is 4.36. The van der Waals surface area contributed by atoms with E-state index in [0.717, 1.165) is 0 Å². The monoisotopic (exact) mass is 281 g/mol. The fraction of sp³-hybridized carbons (Fsp3) is 0. The summed E-state index contributed by atoms with van der Waals surface area (Å²) in [6.45, 7) is 0. The lowest BCUT2D eigenvalue weighted by molar-refractivity contribution is 0.426. The van der Waals surface area contributed by atoms with Gasteiger partial charge in [0.15, 0.2) is 0 Å². The molecule has 6 nitrogen and oxygen atoms in total. The van der Waals surface area contributed by atoms with Gasteiger partial charge < -0.3 is 5.11 Å². The third-order valence-corrected chi connectivity index (χ3v) is 3.10. The maximum absolute atomic E-state index is 12.3. The summed E-state index contributed by atoms with van der Waals surface area (Å²) >= 11 is 0. The molecule has 0 atom stereocenters. The van der Waals surface area contributed by atoms with Gasteiger partial charge >= 0.3 is 5.56 Å². The topological polar surface area (TPSA) is 76.6 Å². The average molecular weight is 281 g/mol. The molecule has 0 radical (unpaired) electrons. The second kappa shape index (κ2) is 5.09. The van der Waals surface area contributed by atoms with E-state index in [4.69, 9.17) is 0 Å². The van der Waals surface area contributed by atoms with Gasteiger partial charge in [0.2, 0.25) is 11.6 Å². The van der Waals surface area contributed by atoms with Crippen LogP contribution in [0.5, 0.6) is 5.88 Å². The predicted octanol–water partition coefficient (Wildman–Crippen LogP) is 2.73. The molecular weight excluding hydrogens is 270 g/mol. The van der Waals surface area contributed by atoms with Gasteiger partial charge in [0, 0.05) is 0 Å². The van der Waals surface area contributed by atoms with Gasteiger partial charge in [-0.3, -0.25) is 4.79 Å². The highest BCUT2D eigenvalue weighted by Gasteiger charge is 2.22. The molecule has 0 amide bonds. The van der Waals surface area contributed by atoms with Crippen molar-refractivity contribution in [1.82, 2.24) is 9.36 Å². The first kappa shape index (κ1) is 12.9. The SMILES string of the molecule is O=Nc1c(O)n(-c2ccccc2)n(-c2ccccc2)c1=O. The van der Waals surface area contributed by atoms with Crippen molar-refractivity contribution in [2.45, 2.75) is 0 Å². The van der Waals surface area contributed by atoms with E-state index in [2.05, 4.69) is 5.18 Å². The first-order valence-corrected chi connectivity index (χ1v) is 6.25. The van der Waals surface area contributed by atoms with E-state index in [1.807, 2.05) is 12.1 Å². The van der Waals surface area contributed by atoms with Crippen molar-refractivity contribution in [3.05, 3.63) is 75.9 Å². The highest BCUT2D eigenvalue weighted by Crippen LogP contribution is 2.28. The van der Waals surface area contributed by atoms with Crippen molar-refractivity contribution in [1.29, 1.82) is 0 Å². The molecule has 104 valence electrons. The Hall–Kier alpha value is -3.15. The van der Waals surface area contributed by atoms with Gasteiger partial charge in [-0.25, -0.2) is 9.36 Å². The average Bonchev–Trinajstić information content (AvgIpc) is 2.79. The summed E-state index contributed by atoms with van der Waals surface area (Å²) in [7, 11) is 0. The minimum Gasteiger partial charge on any atom is -0.491 e. The highest BCUT2D eigenvalue weighted by molar-refractivity contribution is 5.52. The number of nitrogens with zero attached hydrogens (tertiary/aromatic N) is 3. The van der Waals surface area contributed by atoms with Crippen LogP contribution in [0.3, 0.4) is 0 Å². The van der Waals surface area contributed by atoms with Crippen LogP contribution in [-0.4, -0.2) is 14.5 Å². The van der Waals surface area contributed by atoms with Crippen molar-refractivity contribution >= 4 is 5.69 Å². The van der Waals surface area contributed by atoms with E-state index in [9.17, 15) is 14.8 Å². The number of benzene rings is 2. The minimum absolute atomic E-state index is 0.481. The molecule has 3 rings (SSSR count). The van der Waals surface area contributed by atoms with Crippen LogP contribution in [-0.2, 0) is 0 Å². The van der Waals surface area contributed by atoms with Gasteiger partial charge in [0.05, 0.1) is 11.4 Å². The Labute approximate surface area is 119 Å². The van der Waals surface area contributed by atoms with E-state index < -0.39 is 17.1 Å². The van der Waals surface area contributed by atoms with Gasteiger partial charge in [0.1, 0.15) is 0 Å². The standard InChI is InChI=1S/C15H11N3O3/c19-14-13(16-21)15(20)18(12-9-5-2-6-10-12)17(14)11-7-3-1-4-8-11/h1-10,19H. The van der Waals surface area contributed by atoms with E-state index in [0.29, 0.717) is 11.4 Å². The molecule has 0 unspecified atom stereocenters. The number of nitroso groups, excluding NO2 is 1. The normalized spacial score (nSPS) is 10.5. The minimum atomic E-state index is -0.669. The maximum atomic E-state index is 12.3. The van der Waals surface area contributed by atoms with Crippen LogP contribution < -0.4 is 5.56 Å².